The third kappa shape index (κ3) is 6.35. The highest BCUT2D eigenvalue weighted by Crippen LogP contribution is 2.24. The number of carbonyl (C=O) groups is 1. The SMILES string of the molecule is CCc1cc(OCCCCCC(C)C)ccc1CN1CC(C(=O)O)C1. The van der Waals surface area contributed by atoms with Crippen LogP contribution in [0.15, 0.2) is 18.2 Å². The van der Waals surface area contributed by atoms with E-state index in [1.54, 1.807) is 0 Å². The summed E-state index contributed by atoms with van der Waals surface area (Å²) in [5.74, 6) is 0.877. The summed E-state index contributed by atoms with van der Waals surface area (Å²) in [4.78, 5) is 13.1. The van der Waals surface area contributed by atoms with Crippen molar-refractivity contribution >= 4 is 5.97 Å². The molecule has 140 valence electrons. The zero-order valence-electron chi connectivity index (χ0n) is 16.0. The number of likely N-dealkylation sites (tertiary alicyclic amines) is 1. The topological polar surface area (TPSA) is 49.8 Å². The van der Waals surface area contributed by atoms with Crippen LogP contribution < -0.4 is 4.74 Å². The number of carboxylic acids is 1. The van der Waals surface area contributed by atoms with Gasteiger partial charge in [0.15, 0.2) is 0 Å². The number of benzene rings is 1. The maximum Gasteiger partial charge on any atom is 0.309 e. The van der Waals surface area contributed by atoms with Crippen LogP contribution in [0.3, 0.4) is 0 Å². The molecule has 0 atom stereocenters. The Labute approximate surface area is 152 Å². The monoisotopic (exact) mass is 347 g/mol. The van der Waals surface area contributed by atoms with Crippen molar-refractivity contribution in [2.24, 2.45) is 11.8 Å². The van der Waals surface area contributed by atoms with E-state index in [0.717, 1.165) is 37.7 Å². The van der Waals surface area contributed by atoms with Crippen LogP contribution in [-0.2, 0) is 17.8 Å². The van der Waals surface area contributed by atoms with Crippen LogP contribution >= 0.6 is 0 Å². The molecular weight excluding hydrogens is 314 g/mol. The minimum Gasteiger partial charge on any atom is -0.494 e. The number of aliphatic carboxylic acids is 1. The third-order valence-corrected chi connectivity index (χ3v) is 4.95. The lowest BCUT2D eigenvalue weighted by Gasteiger charge is -2.37. The van der Waals surface area contributed by atoms with Gasteiger partial charge in [0.1, 0.15) is 5.75 Å². The molecule has 0 radical (unpaired) electrons. The number of ether oxygens (including phenoxy) is 1. The van der Waals surface area contributed by atoms with Crippen LogP contribution in [0.25, 0.3) is 0 Å². The zero-order chi connectivity index (χ0) is 18.2. The van der Waals surface area contributed by atoms with Crippen LogP contribution in [0.4, 0.5) is 0 Å². The van der Waals surface area contributed by atoms with Gasteiger partial charge in [-0.3, -0.25) is 9.69 Å². The fraction of sp³-hybridized carbons (Fsp3) is 0.667. The van der Waals surface area contributed by atoms with Gasteiger partial charge >= 0.3 is 5.97 Å². The minimum absolute atomic E-state index is 0.191. The van der Waals surface area contributed by atoms with E-state index < -0.39 is 5.97 Å². The highest BCUT2D eigenvalue weighted by atomic mass is 16.5. The molecule has 1 aliphatic heterocycles. The number of rotatable bonds is 11. The molecule has 1 saturated heterocycles. The van der Waals surface area contributed by atoms with Gasteiger partial charge in [-0.1, -0.05) is 46.1 Å². The number of unbranched alkanes of at least 4 members (excludes halogenated alkanes) is 2. The molecule has 4 nitrogen and oxygen atoms in total. The molecule has 0 amide bonds. The lowest BCUT2D eigenvalue weighted by atomic mass is 9.97. The van der Waals surface area contributed by atoms with Crippen molar-refractivity contribution in [3.63, 3.8) is 0 Å². The molecule has 0 bridgehead atoms. The molecule has 0 aliphatic carbocycles. The number of hydrogen-bond donors (Lipinski definition) is 1. The Bertz CT molecular complexity index is 550. The lowest BCUT2D eigenvalue weighted by molar-refractivity contribution is -0.147. The Morgan fingerprint density at radius 3 is 2.64 bits per heavy atom. The Kier molecular flexibility index (Phi) is 7.76. The van der Waals surface area contributed by atoms with Crippen LogP contribution in [0.1, 0.15) is 57.6 Å². The standard InChI is InChI=1S/C21H33NO3/c1-4-17-12-20(25-11-7-5-6-8-16(2)3)10-9-18(17)13-22-14-19(15-22)21(23)24/h9-10,12,16,19H,4-8,11,13-15H2,1-3H3,(H,23,24). The largest absolute Gasteiger partial charge is 0.494 e. The second kappa shape index (κ2) is 9.81. The Morgan fingerprint density at radius 1 is 1.24 bits per heavy atom. The quantitative estimate of drug-likeness (QED) is 0.604. The van der Waals surface area contributed by atoms with Gasteiger partial charge in [0.2, 0.25) is 0 Å². The Hall–Kier alpha value is -1.55. The molecular formula is C21H33NO3. The molecule has 1 aliphatic rings. The molecule has 0 unspecified atom stereocenters. The van der Waals surface area contributed by atoms with Crippen molar-refractivity contribution in [2.45, 2.75) is 59.4 Å². The number of hydrogen-bond acceptors (Lipinski definition) is 3. The average Bonchev–Trinajstić information content (AvgIpc) is 2.53. The van der Waals surface area contributed by atoms with Gasteiger partial charge < -0.3 is 9.84 Å². The normalized spacial score (nSPS) is 15.4. The van der Waals surface area contributed by atoms with Gasteiger partial charge in [0, 0.05) is 19.6 Å². The molecule has 0 spiro atoms. The molecule has 1 fully saturated rings. The Balaban J connectivity index is 1.76. The molecule has 1 N–H and O–H groups in total. The number of nitrogens with zero attached hydrogens (tertiary/aromatic N) is 1. The molecule has 0 saturated carbocycles. The van der Waals surface area contributed by atoms with Crippen molar-refractivity contribution in [1.82, 2.24) is 4.90 Å². The van der Waals surface area contributed by atoms with Gasteiger partial charge in [-0.05, 0) is 42.0 Å². The molecule has 0 aromatic heterocycles. The van der Waals surface area contributed by atoms with E-state index in [2.05, 4.69) is 43.9 Å². The van der Waals surface area contributed by atoms with Gasteiger partial charge in [0.25, 0.3) is 0 Å². The number of carboxylic acid groups (broad SMARTS) is 1. The predicted molar refractivity (Wildman–Crippen MR) is 101 cm³/mol. The summed E-state index contributed by atoms with van der Waals surface area (Å²) in [5, 5.41) is 8.97. The summed E-state index contributed by atoms with van der Waals surface area (Å²) < 4.78 is 5.91. The van der Waals surface area contributed by atoms with Crippen molar-refractivity contribution in [2.75, 3.05) is 19.7 Å². The van der Waals surface area contributed by atoms with Gasteiger partial charge in [0.05, 0.1) is 12.5 Å². The highest BCUT2D eigenvalue weighted by molar-refractivity contribution is 5.71. The third-order valence-electron chi connectivity index (χ3n) is 4.95. The fourth-order valence-corrected chi connectivity index (χ4v) is 3.29. The fourth-order valence-electron chi connectivity index (χ4n) is 3.29. The first-order chi connectivity index (χ1) is 12.0. The summed E-state index contributed by atoms with van der Waals surface area (Å²) in [6.45, 7) is 9.64. The summed E-state index contributed by atoms with van der Waals surface area (Å²) in [7, 11) is 0. The molecule has 1 aromatic carbocycles. The second-order valence-electron chi connectivity index (χ2n) is 7.60. The van der Waals surface area contributed by atoms with Crippen molar-refractivity contribution in [3.8, 4) is 5.75 Å². The maximum atomic E-state index is 10.9. The summed E-state index contributed by atoms with van der Waals surface area (Å²) in [6, 6.07) is 6.34. The molecule has 25 heavy (non-hydrogen) atoms. The number of aryl methyl sites for hydroxylation is 1. The summed E-state index contributed by atoms with van der Waals surface area (Å²) in [6.07, 6.45) is 5.90. The van der Waals surface area contributed by atoms with Gasteiger partial charge in [-0.25, -0.2) is 0 Å². The summed E-state index contributed by atoms with van der Waals surface area (Å²) in [5.41, 5.74) is 2.59. The average molecular weight is 347 g/mol. The first-order valence-electron chi connectivity index (χ1n) is 9.69. The van der Waals surface area contributed by atoms with E-state index in [-0.39, 0.29) is 5.92 Å². The molecule has 2 rings (SSSR count). The second-order valence-corrected chi connectivity index (χ2v) is 7.60. The predicted octanol–water partition coefficient (Wildman–Crippen LogP) is 4.36. The molecule has 1 heterocycles. The van der Waals surface area contributed by atoms with Crippen LogP contribution in [0.5, 0.6) is 5.75 Å². The Morgan fingerprint density at radius 2 is 2.00 bits per heavy atom. The highest BCUT2D eigenvalue weighted by Gasteiger charge is 2.32. The van der Waals surface area contributed by atoms with E-state index in [0.29, 0.717) is 13.1 Å². The van der Waals surface area contributed by atoms with Crippen molar-refractivity contribution < 1.29 is 14.6 Å². The van der Waals surface area contributed by atoms with Crippen molar-refractivity contribution in [3.05, 3.63) is 29.3 Å². The first kappa shape index (κ1) is 19.8. The summed E-state index contributed by atoms with van der Waals surface area (Å²) >= 11 is 0. The van der Waals surface area contributed by atoms with E-state index in [1.165, 1.54) is 30.4 Å². The zero-order valence-corrected chi connectivity index (χ0v) is 16.0. The van der Waals surface area contributed by atoms with E-state index >= 15 is 0 Å². The molecule has 4 heteroatoms. The molecule has 1 aromatic rings. The van der Waals surface area contributed by atoms with Crippen LogP contribution in [0, 0.1) is 11.8 Å². The van der Waals surface area contributed by atoms with Crippen LogP contribution in [0.2, 0.25) is 0 Å². The van der Waals surface area contributed by atoms with E-state index in [1.807, 2.05) is 0 Å². The van der Waals surface area contributed by atoms with Gasteiger partial charge in [-0.15, -0.1) is 0 Å². The first-order valence-corrected chi connectivity index (χ1v) is 9.69. The van der Waals surface area contributed by atoms with Crippen LogP contribution in [-0.4, -0.2) is 35.7 Å². The van der Waals surface area contributed by atoms with Crippen molar-refractivity contribution in [1.29, 1.82) is 0 Å². The smallest absolute Gasteiger partial charge is 0.309 e. The minimum atomic E-state index is -0.677. The maximum absolute atomic E-state index is 10.9. The lowest BCUT2D eigenvalue weighted by Crippen LogP contribution is -2.49. The van der Waals surface area contributed by atoms with Gasteiger partial charge in [-0.2, -0.15) is 0 Å². The van der Waals surface area contributed by atoms with E-state index in [4.69, 9.17) is 9.84 Å². The van der Waals surface area contributed by atoms with E-state index in [9.17, 15) is 4.79 Å².